The van der Waals surface area contributed by atoms with Crippen molar-refractivity contribution in [1.82, 2.24) is 14.8 Å². The quantitative estimate of drug-likeness (QED) is 0.279. The molecule has 2 aliphatic rings. The topological polar surface area (TPSA) is 82.4 Å². The van der Waals surface area contributed by atoms with E-state index in [4.69, 9.17) is 15.2 Å². The molecule has 3 aromatic carbocycles. The van der Waals surface area contributed by atoms with Crippen molar-refractivity contribution in [1.29, 1.82) is 0 Å². The minimum Gasteiger partial charge on any atom is -0.495 e. The van der Waals surface area contributed by atoms with Crippen LogP contribution in [0.1, 0.15) is 0 Å². The van der Waals surface area contributed by atoms with Crippen LogP contribution in [0, 0.1) is 0 Å². The Kier molecular flexibility index (Phi) is 11.5. The number of fused-ring (bicyclic) bond motifs is 1. The van der Waals surface area contributed by atoms with E-state index in [2.05, 4.69) is 78.4 Å². The molecule has 0 amide bonds. The van der Waals surface area contributed by atoms with Gasteiger partial charge in [-0.05, 0) is 42.5 Å². The highest BCUT2D eigenvalue weighted by atomic mass is 16.5. The number of hydrogen-bond donors (Lipinski definition) is 2. The lowest BCUT2D eigenvalue weighted by atomic mass is 10.2. The number of anilines is 3. The number of nitrogens with one attached hydrogen (secondary N) is 1. The zero-order chi connectivity index (χ0) is 30.6. The summed E-state index contributed by atoms with van der Waals surface area (Å²) >= 11 is 0. The number of para-hydroxylation sites is 5. The van der Waals surface area contributed by atoms with Crippen LogP contribution in [0.15, 0.2) is 84.9 Å². The summed E-state index contributed by atoms with van der Waals surface area (Å²) in [6, 6.07) is 28.9. The van der Waals surface area contributed by atoms with E-state index in [0.29, 0.717) is 0 Å². The van der Waals surface area contributed by atoms with Gasteiger partial charge in [-0.1, -0.05) is 42.5 Å². The van der Waals surface area contributed by atoms with Gasteiger partial charge in [0.05, 0.1) is 31.1 Å². The molecule has 0 bridgehead atoms. The standard InChI is InChI=1S/C22H26N4O.C13H21N3O/c1-27-21-9-5-4-8-20(21)26-16-14-25(15-17-26)13-12-23-22-11-10-18-6-2-3-7-19(18)24-22;1-17-13-5-3-2-4-12(13)16-10-8-15(7-6-14)9-11-16/h2-11H,12-17H2,1H3,(H,23,24);2-5H,6-11,14H2,1H3. The lowest BCUT2D eigenvalue weighted by Gasteiger charge is -2.36. The summed E-state index contributed by atoms with van der Waals surface area (Å²) in [5, 5.41) is 4.64. The summed E-state index contributed by atoms with van der Waals surface area (Å²) in [4.78, 5) is 14.4. The van der Waals surface area contributed by atoms with Crippen molar-refractivity contribution >= 4 is 28.1 Å². The molecule has 2 fully saturated rings. The summed E-state index contributed by atoms with van der Waals surface area (Å²) < 4.78 is 10.9. The summed E-state index contributed by atoms with van der Waals surface area (Å²) in [5.41, 5.74) is 9.00. The maximum atomic E-state index is 5.58. The van der Waals surface area contributed by atoms with Gasteiger partial charge in [-0.25, -0.2) is 4.98 Å². The molecule has 44 heavy (non-hydrogen) atoms. The van der Waals surface area contributed by atoms with Gasteiger partial charge in [-0.3, -0.25) is 9.80 Å². The van der Waals surface area contributed by atoms with Gasteiger partial charge in [0.2, 0.25) is 0 Å². The van der Waals surface area contributed by atoms with Gasteiger partial charge in [0.15, 0.2) is 0 Å². The SMILES string of the molecule is COc1ccccc1N1CCN(CCN)CC1.COc1ccccc1N1CCN(CCNc2ccc3ccccc3n2)CC1. The molecule has 4 aromatic rings. The normalized spacial score (nSPS) is 15.9. The molecule has 2 aliphatic heterocycles. The Labute approximate surface area is 262 Å². The van der Waals surface area contributed by atoms with Crippen LogP contribution in [-0.2, 0) is 0 Å². The number of aromatic nitrogens is 1. The number of nitrogens with two attached hydrogens (primary N) is 1. The number of rotatable bonds is 10. The molecule has 0 aliphatic carbocycles. The Morgan fingerprint density at radius 3 is 1.73 bits per heavy atom. The predicted octanol–water partition coefficient (Wildman–Crippen LogP) is 4.25. The van der Waals surface area contributed by atoms with Crippen molar-refractivity contribution in [2.24, 2.45) is 5.73 Å². The first-order valence-corrected chi connectivity index (χ1v) is 15.7. The van der Waals surface area contributed by atoms with E-state index in [0.717, 1.165) is 101 Å². The molecular weight excluding hydrogens is 550 g/mol. The number of ether oxygens (including phenoxy) is 2. The second-order valence-electron chi connectivity index (χ2n) is 11.1. The first kappa shape index (κ1) is 31.4. The molecule has 3 N–H and O–H groups in total. The van der Waals surface area contributed by atoms with Crippen molar-refractivity contribution in [2.75, 3.05) is 108 Å². The number of hydrogen-bond acceptors (Lipinski definition) is 9. The lowest BCUT2D eigenvalue weighted by Crippen LogP contribution is -2.47. The molecule has 0 radical (unpaired) electrons. The third-order valence-corrected chi connectivity index (χ3v) is 8.37. The first-order chi connectivity index (χ1) is 21.7. The summed E-state index contributed by atoms with van der Waals surface area (Å²) in [6.07, 6.45) is 0. The van der Waals surface area contributed by atoms with Gasteiger partial charge >= 0.3 is 0 Å². The largest absolute Gasteiger partial charge is 0.495 e. The molecule has 0 unspecified atom stereocenters. The molecule has 6 rings (SSSR count). The van der Waals surface area contributed by atoms with Crippen molar-refractivity contribution in [3.63, 3.8) is 0 Å². The van der Waals surface area contributed by atoms with E-state index in [1.165, 1.54) is 16.8 Å². The second kappa shape index (κ2) is 16.1. The Hall–Kier alpha value is -4.05. The average molecular weight is 598 g/mol. The van der Waals surface area contributed by atoms with Crippen molar-refractivity contribution < 1.29 is 9.47 Å². The molecule has 3 heterocycles. The van der Waals surface area contributed by atoms with E-state index in [1.54, 1.807) is 14.2 Å². The van der Waals surface area contributed by atoms with Crippen LogP contribution < -0.4 is 30.3 Å². The number of pyridine rings is 1. The van der Waals surface area contributed by atoms with Crippen molar-refractivity contribution in [3.8, 4) is 11.5 Å². The van der Waals surface area contributed by atoms with Gasteiger partial charge in [-0.2, -0.15) is 0 Å². The van der Waals surface area contributed by atoms with Crippen molar-refractivity contribution in [3.05, 3.63) is 84.9 Å². The fraction of sp³-hybridized carbons (Fsp3) is 0.400. The average Bonchev–Trinajstić information content (AvgIpc) is 3.09. The van der Waals surface area contributed by atoms with Crippen LogP contribution in [0.3, 0.4) is 0 Å². The minimum absolute atomic E-state index is 0.745. The third-order valence-electron chi connectivity index (χ3n) is 8.37. The van der Waals surface area contributed by atoms with Crippen LogP contribution in [-0.4, -0.2) is 108 Å². The van der Waals surface area contributed by atoms with Crippen LogP contribution in [0.25, 0.3) is 10.9 Å². The fourth-order valence-electron chi connectivity index (χ4n) is 5.90. The predicted molar refractivity (Wildman–Crippen MR) is 183 cm³/mol. The van der Waals surface area contributed by atoms with Gasteiger partial charge in [0.1, 0.15) is 17.3 Å². The molecule has 0 saturated carbocycles. The molecule has 0 spiro atoms. The highest BCUT2D eigenvalue weighted by molar-refractivity contribution is 5.80. The summed E-state index contributed by atoms with van der Waals surface area (Å²) in [6.45, 7) is 12.1. The molecule has 1 aromatic heterocycles. The summed E-state index contributed by atoms with van der Waals surface area (Å²) in [7, 11) is 3.46. The van der Waals surface area contributed by atoms with Crippen LogP contribution in [0.5, 0.6) is 11.5 Å². The van der Waals surface area contributed by atoms with Crippen molar-refractivity contribution in [2.45, 2.75) is 0 Å². The van der Waals surface area contributed by atoms with Gasteiger partial charge in [0.25, 0.3) is 0 Å². The second-order valence-corrected chi connectivity index (χ2v) is 11.1. The van der Waals surface area contributed by atoms with Gasteiger partial charge in [0, 0.05) is 83.9 Å². The minimum atomic E-state index is 0.745. The van der Waals surface area contributed by atoms with Gasteiger partial charge in [-0.15, -0.1) is 0 Å². The zero-order valence-electron chi connectivity index (χ0n) is 26.2. The highest BCUT2D eigenvalue weighted by Gasteiger charge is 2.20. The number of methoxy groups -OCH3 is 2. The van der Waals surface area contributed by atoms with E-state index in [1.807, 2.05) is 36.4 Å². The van der Waals surface area contributed by atoms with E-state index in [9.17, 15) is 0 Å². The van der Waals surface area contributed by atoms with E-state index in [-0.39, 0.29) is 0 Å². The Morgan fingerprint density at radius 2 is 1.16 bits per heavy atom. The number of piperazine rings is 2. The highest BCUT2D eigenvalue weighted by Crippen LogP contribution is 2.29. The monoisotopic (exact) mass is 597 g/mol. The molecule has 9 heteroatoms. The zero-order valence-corrected chi connectivity index (χ0v) is 26.2. The Balaban J connectivity index is 0.000000195. The van der Waals surface area contributed by atoms with E-state index < -0.39 is 0 Å². The van der Waals surface area contributed by atoms with Gasteiger partial charge < -0.3 is 30.3 Å². The molecular formula is C35H47N7O2. The first-order valence-electron chi connectivity index (χ1n) is 15.7. The van der Waals surface area contributed by atoms with Crippen LogP contribution in [0.2, 0.25) is 0 Å². The Morgan fingerprint density at radius 1 is 0.636 bits per heavy atom. The third kappa shape index (κ3) is 8.31. The maximum Gasteiger partial charge on any atom is 0.142 e. The maximum absolute atomic E-state index is 5.58. The molecule has 2 saturated heterocycles. The number of nitrogens with zero attached hydrogens (tertiary/aromatic N) is 5. The molecule has 9 nitrogen and oxygen atoms in total. The summed E-state index contributed by atoms with van der Waals surface area (Å²) in [5.74, 6) is 2.86. The molecule has 234 valence electrons. The smallest absolute Gasteiger partial charge is 0.142 e. The van der Waals surface area contributed by atoms with Crippen LogP contribution in [0.4, 0.5) is 17.2 Å². The molecule has 0 atom stereocenters. The van der Waals surface area contributed by atoms with E-state index >= 15 is 0 Å². The Bertz CT molecular complexity index is 1440. The number of benzene rings is 3. The van der Waals surface area contributed by atoms with Crippen LogP contribution >= 0.6 is 0 Å². The fourth-order valence-corrected chi connectivity index (χ4v) is 5.90. The lowest BCUT2D eigenvalue weighted by molar-refractivity contribution is 0.264.